The Balaban J connectivity index is 1.90. The summed E-state index contributed by atoms with van der Waals surface area (Å²) < 4.78 is 5.44. The van der Waals surface area contributed by atoms with E-state index in [1.165, 1.54) is 6.92 Å². The molecule has 0 fully saturated rings. The molecule has 0 aromatic heterocycles. The summed E-state index contributed by atoms with van der Waals surface area (Å²) in [5, 5.41) is 2.79. The standard InChI is InChI=1S/C24H22ClNO3/c1-17(27)26-22-15-20(19-11-7-4-8-12-19)13-14-21(22)24(2,25)23(28)29-16-18-9-5-3-6-10-18/h3-15H,16H2,1-2H3,(H,26,27). The van der Waals surface area contributed by atoms with Crippen molar-refractivity contribution < 1.29 is 14.3 Å². The number of esters is 1. The van der Waals surface area contributed by atoms with Crippen LogP contribution in [0.1, 0.15) is 25.0 Å². The van der Waals surface area contributed by atoms with Crippen LogP contribution in [0.5, 0.6) is 0 Å². The van der Waals surface area contributed by atoms with Gasteiger partial charge in [-0.15, -0.1) is 11.6 Å². The Labute approximate surface area is 175 Å². The van der Waals surface area contributed by atoms with Crippen molar-refractivity contribution in [2.45, 2.75) is 25.3 Å². The average molecular weight is 408 g/mol. The van der Waals surface area contributed by atoms with Crippen molar-refractivity contribution in [2.24, 2.45) is 0 Å². The van der Waals surface area contributed by atoms with Gasteiger partial charge in [-0.25, -0.2) is 4.79 Å². The summed E-state index contributed by atoms with van der Waals surface area (Å²) in [4.78, 5) is 23.1. The molecule has 0 aliphatic heterocycles. The fourth-order valence-electron chi connectivity index (χ4n) is 3.03. The topological polar surface area (TPSA) is 55.4 Å². The molecule has 0 saturated heterocycles. The number of amides is 1. The second-order valence-corrected chi connectivity index (χ2v) is 7.63. The quantitative estimate of drug-likeness (QED) is 0.433. The zero-order chi connectivity index (χ0) is 20.9. The van der Waals surface area contributed by atoms with Crippen molar-refractivity contribution in [2.75, 3.05) is 5.32 Å². The number of anilines is 1. The van der Waals surface area contributed by atoms with Gasteiger partial charge in [-0.3, -0.25) is 4.79 Å². The summed E-state index contributed by atoms with van der Waals surface area (Å²) in [6.45, 7) is 3.11. The van der Waals surface area contributed by atoms with E-state index >= 15 is 0 Å². The molecule has 0 heterocycles. The average Bonchev–Trinajstić information content (AvgIpc) is 2.72. The fourth-order valence-corrected chi connectivity index (χ4v) is 3.24. The Morgan fingerprint density at radius 2 is 1.55 bits per heavy atom. The van der Waals surface area contributed by atoms with Crippen molar-refractivity contribution in [1.82, 2.24) is 0 Å². The minimum atomic E-state index is -1.46. The highest BCUT2D eigenvalue weighted by Crippen LogP contribution is 2.38. The van der Waals surface area contributed by atoms with E-state index in [-0.39, 0.29) is 12.5 Å². The van der Waals surface area contributed by atoms with Crippen LogP contribution in [0.3, 0.4) is 0 Å². The van der Waals surface area contributed by atoms with E-state index in [2.05, 4.69) is 5.32 Å². The Morgan fingerprint density at radius 1 is 0.931 bits per heavy atom. The van der Waals surface area contributed by atoms with E-state index in [1.807, 2.05) is 72.8 Å². The van der Waals surface area contributed by atoms with Gasteiger partial charge in [-0.2, -0.15) is 0 Å². The Kier molecular flexibility index (Phi) is 6.35. The first kappa shape index (κ1) is 20.6. The third kappa shape index (κ3) is 5.04. The fraction of sp³-hybridized carbons (Fsp3) is 0.167. The minimum absolute atomic E-state index is 0.125. The molecule has 0 aliphatic carbocycles. The summed E-state index contributed by atoms with van der Waals surface area (Å²) >= 11 is 6.64. The summed E-state index contributed by atoms with van der Waals surface area (Å²) in [5.74, 6) is -0.830. The first-order chi connectivity index (χ1) is 13.9. The second-order valence-electron chi connectivity index (χ2n) is 6.87. The summed E-state index contributed by atoms with van der Waals surface area (Å²) in [6.07, 6.45) is 0. The van der Waals surface area contributed by atoms with Crippen LogP contribution in [-0.4, -0.2) is 11.9 Å². The van der Waals surface area contributed by atoms with Crippen molar-refractivity contribution in [3.8, 4) is 11.1 Å². The summed E-state index contributed by atoms with van der Waals surface area (Å²) in [6, 6.07) is 24.6. The van der Waals surface area contributed by atoms with Gasteiger partial charge >= 0.3 is 5.97 Å². The molecule has 4 nitrogen and oxygen atoms in total. The van der Waals surface area contributed by atoms with E-state index in [9.17, 15) is 9.59 Å². The molecule has 3 rings (SSSR count). The number of halogens is 1. The van der Waals surface area contributed by atoms with Crippen LogP contribution in [0.25, 0.3) is 11.1 Å². The predicted octanol–water partition coefficient (Wildman–Crippen LogP) is 5.51. The first-order valence-corrected chi connectivity index (χ1v) is 9.63. The monoisotopic (exact) mass is 407 g/mol. The molecule has 3 aromatic carbocycles. The van der Waals surface area contributed by atoms with Crippen LogP contribution < -0.4 is 5.32 Å². The number of rotatable bonds is 6. The molecule has 29 heavy (non-hydrogen) atoms. The number of hydrogen-bond donors (Lipinski definition) is 1. The van der Waals surface area contributed by atoms with Crippen LogP contribution in [0.2, 0.25) is 0 Å². The maximum atomic E-state index is 12.8. The molecule has 0 radical (unpaired) electrons. The van der Waals surface area contributed by atoms with Crippen LogP contribution in [0.15, 0.2) is 78.9 Å². The number of benzene rings is 3. The number of carbonyl (C=O) groups is 2. The molecular formula is C24H22ClNO3. The molecule has 5 heteroatoms. The highest BCUT2D eigenvalue weighted by Gasteiger charge is 2.37. The molecule has 1 amide bonds. The molecule has 1 N–H and O–H groups in total. The Bertz CT molecular complexity index is 1000. The Morgan fingerprint density at radius 3 is 2.17 bits per heavy atom. The third-order valence-corrected chi connectivity index (χ3v) is 4.90. The lowest BCUT2D eigenvalue weighted by atomic mass is 9.94. The number of hydrogen-bond acceptors (Lipinski definition) is 3. The number of nitrogens with one attached hydrogen (secondary N) is 1. The molecule has 0 saturated carbocycles. The van der Waals surface area contributed by atoms with Gasteiger partial charge < -0.3 is 10.1 Å². The van der Waals surface area contributed by atoms with Crippen LogP contribution in [0, 0.1) is 0 Å². The Hall–Kier alpha value is -3.11. The third-order valence-electron chi connectivity index (χ3n) is 4.54. The van der Waals surface area contributed by atoms with Crippen LogP contribution in [-0.2, 0) is 25.8 Å². The second kappa shape index (κ2) is 8.93. The van der Waals surface area contributed by atoms with Gasteiger partial charge in [0.05, 0.1) is 0 Å². The van der Waals surface area contributed by atoms with Gasteiger partial charge in [-0.1, -0.05) is 72.8 Å². The number of alkyl halides is 1. The van der Waals surface area contributed by atoms with Gasteiger partial charge in [0.25, 0.3) is 0 Å². The van der Waals surface area contributed by atoms with Crippen molar-refractivity contribution in [1.29, 1.82) is 0 Å². The molecule has 0 spiro atoms. The summed E-state index contributed by atoms with van der Waals surface area (Å²) in [5.41, 5.74) is 3.73. The summed E-state index contributed by atoms with van der Waals surface area (Å²) in [7, 11) is 0. The van der Waals surface area contributed by atoms with E-state index < -0.39 is 10.8 Å². The van der Waals surface area contributed by atoms with E-state index in [1.54, 1.807) is 13.0 Å². The highest BCUT2D eigenvalue weighted by molar-refractivity contribution is 6.34. The van der Waals surface area contributed by atoms with Crippen molar-refractivity contribution in [3.05, 3.63) is 90.0 Å². The highest BCUT2D eigenvalue weighted by atomic mass is 35.5. The number of carbonyl (C=O) groups excluding carboxylic acids is 2. The van der Waals surface area contributed by atoms with Crippen LogP contribution >= 0.6 is 11.6 Å². The largest absolute Gasteiger partial charge is 0.459 e. The lowest BCUT2D eigenvalue weighted by molar-refractivity contribution is -0.148. The van der Waals surface area contributed by atoms with E-state index in [0.29, 0.717) is 11.3 Å². The number of ether oxygens (including phenoxy) is 1. The van der Waals surface area contributed by atoms with E-state index in [0.717, 1.165) is 16.7 Å². The SMILES string of the molecule is CC(=O)Nc1cc(-c2ccccc2)ccc1C(C)(Cl)C(=O)OCc1ccccc1. The first-order valence-electron chi connectivity index (χ1n) is 9.25. The zero-order valence-electron chi connectivity index (χ0n) is 16.3. The molecule has 1 atom stereocenters. The lowest BCUT2D eigenvalue weighted by Gasteiger charge is -2.24. The van der Waals surface area contributed by atoms with Crippen LogP contribution in [0.4, 0.5) is 5.69 Å². The molecular weight excluding hydrogens is 386 g/mol. The van der Waals surface area contributed by atoms with Gasteiger partial charge in [0, 0.05) is 18.2 Å². The van der Waals surface area contributed by atoms with Gasteiger partial charge in [0.2, 0.25) is 5.91 Å². The molecule has 0 bridgehead atoms. The van der Waals surface area contributed by atoms with Gasteiger partial charge in [0.15, 0.2) is 4.87 Å². The predicted molar refractivity (Wildman–Crippen MR) is 116 cm³/mol. The van der Waals surface area contributed by atoms with Crippen molar-refractivity contribution >= 4 is 29.2 Å². The van der Waals surface area contributed by atoms with Gasteiger partial charge in [-0.05, 0) is 29.7 Å². The normalized spacial score (nSPS) is 12.7. The molecule has 0 aliphatic rings. The molecule has 148 valence electrons. The maximum Gasteiger partial charge on any atom is 0.331 e. The van der Waals surface area contributed by atoms with Crippen molar-refractivity contribution in [3.63, 3.8) is 0 Å². The maximum absolute atomic E-state index is 12.8. The smallest absolute Gasteiger partial charge is 0.331 e. The van der Waals surface area contributed by atoms with Gasteiger partial charge in [0.1, 0.15) is 6.61 Å². The zero-order valence-corrected chi connectivity index (χ0v) is 17.1. The lowest BCUT2D eigenvalue weighted by Crippen LogP contribution is -2.30. The minimum Gasteiger partial charge on any atom is -0.459 e. The van der Waals surface area contributed by atoms with E-state index in [4.69, 9.17) is 16.3 Å². The molecule has 1 unspecified atom stereocenters. The molecule has 3 aromatic rings.